The first-order valence-electron chi connectivity index (χ1n) is 13.5. The molecule has 0 aliphatic heterocycles. The number of hydrogen-bond donors (Lipinski definition) is 2. The van der Waals surface area contributed by atoms with Crippen molar-refractivity contribution in [1.82, 2.24) is 10.6 Å². The van der Waals surface area contributed by atoms with Gasteiger partial charge in [0.2, 0.25) is 11.8 Å². The number of carbonyl (C=O) groups is 2. The molecule has 0 aromatic rings. The second-order valence-corrected chi connectivity index (χ2v) is 8.92. The maximum absolute atomic E-state index is 11.8. The van der Waals surface area contributed by atoms with Crippen LogP contribution in [0.5, 0.6) is 0 Å². The lowest BCUT2D eigenvalue weighted by Crippen LogP contribution is -2.26. The van der Waals surface area contributed by atoms with E-state index in [9.17, 15) is 9.59 Å². The van der Waals surface area contributed by atoms with Crippen molar-refractivity contribution in [2.45, 2.75) is 116 Å². The van der Waals surface area contributed by atoms with Gasteiger partial charge in [0.1, 0.15) is 0 Å². The molecule has 0 rings (SSSR count). The number of unbranched alkanes of at least 4 members (excludes halogenated alkanes) is 12. The van der Waals surface area contributed by atoms with Crippen molar-refractivity contribution in [2.24, 2.45) is 0 Å². The number of allylic oxidation sites excluding steroid dienone is 2. The van der Waals surface area contributed by atoms with Crippen molar-refractivity contribution < 1.29 is 14.3 Å². The molecular weight excluding hydrogens is 412 g/mol. The minimum Gasteiger partial charge on any atom is -0.381 e. The van der Waals surface area contributed by atoms with Crippen LogP contribution in [0.3, 0.4) is 0 Å². The Bertz CT molecular complexity index is 438. The summed E-state index contributed by atoms with van der Waals surface area (Å²) in [6, 6.07) is 0. The van der Waals surface area contributed by atoms with Gasteiger partial charge in [0.15, 0.2) is 0 Å². The molecule has 192 valence electrons. The van der Waals surface area contributed by atoms with Gasteiger partial charge in [-0.05, 0) is 51.4 Å². The van der Waals surface area contributed by atoms with E-state index in [2.05, 4.69) is 23.8 Å². The standard InChI is InChI=1S/C28H52N2O3/c1-3-5-7-9-11-13-15-17-21-27(31)29-23-19-25-33-26-20-24-30-28(32)22-18-16-14-12-10-8-6-4-2/h3-4H,1-2,5-26H2,(H,29,31)(H,30,32). The lowest BCUT2D eigenvalue weighted by molar-refractivity contribution is -0.122. The summed E-state index contributed by atoms with van der Waals surface area (Å²) in [5, 5.41) is 5.94. The van der Waals surface area contributed by atoms with E-state index in [1.165, 1.54) is 51.4 Å². The van der Waals surface area contributed by atoms with E-state index < -0.39 is 0 Å². The number of hydrogen-bond acceptors (Lipinski definition) is 3. The second kappa shape index (κ2) is 26.6. The van der Waals surface area contributed by atoms with Crippen molar-refractivity contribution >= 4 is 11.8 Å². The van der Waals surface area contributed by atoms with Gasteiger partial charge >= 0.3 is 0 Å². The molecule has 0 saturated carbocycles. The van der Waals surface area contributed by atoms with Crippen LogP contribution in [0.1, 0.15) is 116 Å². The lowest BCUT2D eigenvalue weighted by atomic mass is 10.1. The van der Waals surface area contributed by atoms with Gasteiger partial charge < -0.3 is 15.4 Å². The third kappa shape index (κ3) is 26.5. The van der Waals surface area contributed by atoms with Crippen molar-refractivity contribution in [3.05, 3.63) is 25.3 Å². The predicted octanol–water partition coefficient (Wildman–Crippen LogP) is 6.63. The summed E-state index contributed by atoms with van der Waals surface area (Å²) in [5.41, 5.74) is 0. The Morgan fingerprint density at radius 1 is 0.545 bits per heavy atom. The molecule has 0 unspecified atom stereocenters. The van der Waals surface area contributed by atoms with Gasteiger partial charge in [-0.1, -0.05) is 63.5 Å². The zero-order valence-electron chi connectivity index (χ0n) is 21.4. The van der Waals surface area contributed by atoms with E-state index in [4.69, 9.17) is 4.74 Å². The smallest absolute Gasteiger partial charge is 0.219 e. The van der Waals surface area contributed by atoms with E-state index in [1.54, 1.807) is 0 Å². The first-order valence-corrected chi connectivity index (χ1v) is 13.5. The number of amides is 2. The van der Waals surface area contributed by atoms with E-state index >= 15 is 0 Å². The van der Waals surface area contributed by atoms with Crippen LogP contribution in [0.2, 0.25) is 0 Å². The molecule has 0 heterocycles. The minimum atomic E-state index is 0.150. The van der Waals surface area contributed by atoms with Gasteiger partial charge in [-0.25, -0.2) is 0 Å². The van der Waals surface area contributed by atoms with Gasteiger partial charge in [-0.3, -0.25) is 9.59 Å². The predicted molar refractivity (Wildman–Crippen MR) is 140 cm³/mol. The molecule has 2 amide bonds. The minimum absolute atomic E-state index is 0.150. The Hall–Kier alpha value is -1.62. The summed E-state index contributed by atoms with van der Waals surface area (Å²) in [7, 11) is 0. The van der Waals surface area contributed by atoms with Gasteiger partial charge in [-0.2, -0.15) is 0 Å². The van der Waals surface area contributed by atoms with Crippen LogP contribution in [0.25, 0.3) is 0 Å². The Morgan fingerprint density at radius 3 is 1.30 bits per heavy atom. The van der Waals surface area contributed by atoms with E-state index in [-0.39, 0.29) is 11.8 Å². The van der Waals surface area contributed by atoms with Crippen LogP contribution in [0.15, 0.2) is 25.3 Å². The Balaban J connectivity index is 3.26. The fraction of sp³-hybridized carbons (Fsp3) is 0.786. The summed E-state index contributed by atoms with van der Waals surface area (Å²) in [4.78, 5) is 23.6. The highest BCUT2D eigenvalue weighted by Crippen LogP contribution is 2.09. The van der Waals surface area contributed by atoms with Gasteiger partial charge in [0, 0.05) is 39.1 Å². The molecule has 0 spiro atoms. The molecule has 5 heteroatoms. The Kier molecular flexibility index (Phi) is 25.3. The monoisotopic (exact) mass is 464 g/mol. The first kappa shape index (κ1) is 31.4. The fourth-order valence-electron chi connectivity index (χ4n) is 3.65. The molecular formula is C28H52N2O3. The maximum Gasteiger partial charge on any atom is 0.219 e. The van der Waals surface area contributed by atoms with Crippen molar-refractivity contribution in [2.75, 3.05) is 26.3 Å². The summed E-state index contributed by atoms with van der Waals surface area (Å²) < 4.78 is 5.59. The molecule has 0 atom stereocenters. The zero-order valence-corrected chi connectivity index (χ0v) is 21.4. The van der Waals surface area contributed by atoms with E-state index in [0.29, 0.717) is 39.1 Å². The molecule has 0 aliphatic carbocycles. The van der Waals surface area contributed by atoms with Crippen LogP contribution < -0.4 is 10.6 Å². The van der Waals surface area contributed by atoms with E-state index in [0.717, 1.165) is 51.4 Å². The summed E-state index contributed by atoms with van der Waals surface area (Å²) in [5.74, 6) is 0.300. The van der Waals surface area contributed by atoms with Crippen molar-refractivity contribution in [3.63, 3.8) is 0 Å². The summed E-state index contributed by atoms with van der Waals surface area (Å²) >= 11 is 0. The Labute approximate surface area is 204 Å². The molecule has 0 bridgehead atoms. The summed E-state index contributed by atoms with van der Waals surface area (Å²) in [6.45, 7) is 10.1. The number of carbonyl (C=O) groups excluding carboxylic acids is 2. The van der Waals surface area contributed by atoms with Crippen molar-refractivity contribution in [1.29, 1.82) is 0 Å². The Morgan fingerprint density at radius 2 is 0.909 bits per heavy atom. The average molecular weight is 465 g/mol. The summed E-state index contributed by atoms with van der Waals surface area (Å²) in [6.07, 6.45) is 23.3. The molecule has 0 aliphatic rings. The quantitative estimate of drug-likeness (QED) is 0.111. The largest absolute Gasteiger partial charge is 0.381 e. The first-order chi connectivity index (χ1) is 16.2. The lowest BCUT2D eigenvalue weighted by Gasteiger charge is -2.08. The molecule has 0 aromatic heterocycles. The SMILES string of the molecule is C=CCCCCCCCCC(=O)NCCCOCCCNC(=O)CCCCCCCCC=C. The molecule has 0 radical (unpaired) electrons. The highest BCUT2D eigenvalue weighted by molar-refractivity contribution is 5.76. The third-order valence-corrected chi connectivity index (χ3v) is 5.70. The highest BCUT2D eigenvalue weighted by Gasteiger charge is 2.02. The maximum atomic E-state index is 11.8. The van der Waals surface area contributed by atoms with Gasteiger partial charge in [-0.15, -0.1) is 13.2 Å². The third-order valence-electron chi connectivity index (χ3n) is 5.70. The van der Waals surface area contributed by atoms with Crippen LogP contribution in [-0.2, 0) is 14.3 Å². The average Bonchev–Trinajstić information content (AvgIpc) is 2.81. The molecule has 0 fully saturated rings. The topological polar surface area (TPSA) is 67.4 Å². The molecule has 0 saturated heterocycles. The molecule has 5 nitrogen and oxygen atoms in total. The van der Waals surface area contributed by atoms with Crippen LogP contribution in [0.4, 0.5) is 0 Å². The van der Waals surface area contributed by atoms with Crippen molar-refractivity contribution in [3.8, 4) is 0 Å². The van der Waals surface area contributed by atoms with Crippen LogP contribution >= 0.6 is 0 Å². The zero-order chi connectivity index (χ0) is 24.2. The highest BCUT2D eigenvalue weighted by atomic mass is 16.5. The normalized spacial score (nSPS) is 10.7. The number of ether oxygens (including phenoxy) is 1. The van der Waals surface area contributed by atoms with Crippen LogP contribution in [-0.4, -0.2) is 38.1 Å². The molecule has 0 aromatic carbocycles. The van der Waals surface area contributed by atoms with Crippen LogP contribution in [0, 0.1) is 0 Å². The number of rotatable bonds is 26. The number of nitrogens with one attached hydrogen (secondary N) is 2. The van der Waals surface area contributed by atoms with Gasteiger partial charge in [0.05, 0.1) is 0 Å². The fourth-order valence-corrected chi connectivity index (χ4v) is 3.65. The van der Waals surface area contributed by atoms with Gasteiger partial charge in [0.25, 0.3) is 0 Å². The molecule has 2 N–H and O–H groups in total. The molecule has 33 heavy (non-hydrogen) atoms. The second-order valence-electron chi connectivity index (χ2n) is 8.92. The van der Waals surface area contributed by atoms with E-state index in [1.807, 2.05) is 12.2 Å².